The Bertz CT molecular complexity index is 379. The van der Waals surface area contributed by atoms with Crippen LogP contribution >= 0.6 is 15.9 Å². The summed E-state index contributed by atoms with van der Waals surface area (Å²) in [6, 6.07) is 5.35. The van der Waals surface area contributed by atoms with Crippen LogP contribution in [0.25, 0.3) is 0 Å². The Kier molecular flexibility index (Phi) is 4.76. The van der Waals surface area contributed by atoms with Crippen LogP contribution in [0.15, 0.2) is 22.7 Å². The van der Waals surface area contributed by atoms with Crippen molar-refractivity contribution in [1.82, 2.24) is 0 Å². The van der Waals surface area contributed by atoms with Crippen LogP contribution in [0.3, 0.4) is 0 Å². The molecule has 1 atom stereocenters. The van der Waals surface area contributed by atoms with Gasteiger partial charge in [-0.3, -0.25) is 4.79 Å². The standard InChI is InChI=1S/C11H14BrNO3/c1-7(14)9-3-2-8(12)6-10(9)16-5-4-11(13)15/h2-3,6-7,14H,4-5H2,1H3,(H2,13,15)/t7-/m0/s1. The van der Waals surface area contributed by atoms with Crippen LogP contribution in [0.1, 0.15) is 25.0 Å². The van der Waals surface area contributed by atoms with E-state index >= 15 is 0 Å². The van der Waals surface area contributed by atoms with Crippen LogP contribution in [0.4, 0.5) is 0 Å². The summed E-state index contributed by atoms with van der Waals surface area (Å²) in [5.41, 5.74) is 5.69. The van der Waals surface area contributed by atoms with Crippen LogP contribution in [0.2, 0.25) is 0 Å². The van der Waals surface area contributed by atoms with Gasteiger partial charge in [-0.05, 0) is 19.1 Å². The number of amides is 1. The van der Waals surface area contributed by atoms with Crippen LogP contribution in [0.5, 0.6) is 5.75 Å². The molecule has 0 saturated heterocycles. The zero-order valence-electron chi connectivity index (χ0n) is 8.94. The molecule has 0 heterocycles. The molecule has 1 amide bonds. The Morgan fingerprint density at radius 3 is 2.88 bits per heavy atom. The molecule has 0 unspecified atom stereocenters. The number of halogens is 1. The van der Waals surface area contributed by atoms with Gasteiger partial charge in [0, 0.05) is 10.0 Å². The number of hydrogen-bond acceptors (Lipinski definition) is 3. The molecule has 1 rings (SSSR count). The number of primary amides is 1. The molecular weight excluding hydrogens is 274 g/mol. The highest BCUT2D eigenvalue weighted by Crippen LogP contribution is 2.28. The second-order valence-corrected chi connectivity index (χ2v) is 4.34. The van der Waals surface area contributed by atoms with Gasteiger partial charge in [-0.1, -0.05) is 22.0 Å². The van der Waals surface area contributed by atoms with Gasteiger partial charge in [-0.15, -0.1) is 0 Å². The lowest BCUT2D eigenvalue weighted by atomic mass is 10.1. The third kappa shape index (κ3) is 3.83. The Morgan fingerprint density at radius 2 is 2.31 bits per heavy atom. The summed E-state index contributed by atoms with van der Waals surface area (Å²) in [6.45, 7) is 1.87. The van der Waals surface area contributed by atoms with Gasteiger partial charge in [0.15, 0.2) is 0 Å². The first-order valence-electron chi connectivity index (χ1n) is 4.89. The molecule has 0 spiro atoms. The number of ether oxygens (including phenoxy) is 1. The van der Waals surface area contributed by atoms with E-state index in [1.807, 2.05) is 6.07 Å². The lowest BCUT2D eigenvalue weighted by Crippen LogP contribution is -2.15. The SMILES string of the molecule is C[C@H](O)c1ccc(Br)cc1OCCC(N)=O. The summed E-state index contributed by atoms with van der Waals surface area (Å²) in [6.07, 6.45) is -0.456. The second-order valence-electron chi connectivity index (χ2n) is 3.42. The molecule has 0 saturated carbocycles. The summed E-state index contributed by atoms with van der Waals surface area (Å²) < 4.78 is 6.25. The maximum atomic E-state index is 10.6. The number of aliphatic hydroxyl groups is 1. The summed E-state index contributed by atoms with van der Waals surface area (Å²) >= 11 is 3.31. The van der Waals surface area contributed by atoms with Crippen molar-refractivity contribution in [3.05, 3.63) is 28.2 Å². The molecule has 0 radical (unpaired) electrons. The monoisotopic (exact) mass is 287 g/mol. The van der Waals surface area contributed by atoms with Crippen molar-refractivity contribution in [3.63, 3.8) is 0 Å². The fraction of sp³-hybridized carbons (Fsp3) is 0.364. The van der Waals surface area contributed by atoms with E-state index in [1.54, 1.807) is 19.1 Å². The minimum absolute atomic E-state index is 0.158. The van der Waals surface area contributed by atoms with Gasteiger partial charge >= 0.3 is 0 Å². The number of carbonyl (C=O) groups is 1. The minimum atomic E-state index is -0.614. The first-order valence-corrected chi connectivity index (χ1v) is 5.68. The van der Waals surface area contributed by atoms with E-state index in [-0.39, 0.29) is 13.0 Å². The molecule has 16 heavy (non-hydrogen) atoms. The molecule has 4 nitrogen and oxygen atoms in total. The van der Waals surface area contributed by atoms with E-state index in [2.05, 4.69) is 15.9 Å². The predicted molar refractivity (Wildman–Crippen MR) is 64.1 cm³/mol. The van der Waals surface area contributed by atoms with Crippen molar-refractivity contribution in [3.8, 4) is 5.75 Å². The van der Waals surface area contributed by atoms with Gasteiger partial charge in [-0.25, -0.2) is 0 Å². The zero-order chi connectivity index (χ0) is 12.1. The van der Waals surface area contributed by atoms with Gasteiger partial charge in [0.1, 0.15) is 5.75 Å². The molecule has 0 aliphatic carbocycles. The molecule has 0 aromatic heterocycles. The largest absolute Gasteiger partial charge is 0.493 e. The molecule has 0 fully saturated rings. The van der Waals surface area contributed by atoms with Gasteiger partial charge in [0.25, 0.3) is 0 Å². The highest BCUT2D eigenvalue weighted by atomic mass is 79.9. The van der Waals surface area contributed by atoms with Crippen molar-refractivity contribution < 1.29 is 14.6 Å². The molecule has 1 aromatic rings. The minimum Gasteiger partial charge on any atom is -0.493 e. The lowest BCUT2D eigenvalue weighted by Gasteiger charge is -2.13. The first kappa shape index (κ1) is 13.0. The summed E-state index contributed by atoms with van der Waals surface area (Å²) in [7, 11) is 0. The van der Waals surface area contributed by atoms with E-state index in [0.717, 1.165) is 4.47 Å². The molecular formula is C11H14BrNO3. The topological polar surface area (TPSA) is 72.6 Å². The van der Waals surface area contributed by atoms with Gasteiger partial charge in [-0.2, -0.15) is 0 Å². The molecule has 0 aliphatic rings. The number of nitrogens with two attached hydrogens (primary N) is 1. The average molecular weight is 288 g/mol. The van der Waals surface area contributed by atoms with Crippen molar-refractivity contribution in [2.24, 2.45) is 5.73 Å². The first-order chi connectivity index (χ1) is 7.50. The van der Waals surface area contributed by atoms with Crippen LogP contribution < -0.4 is 10.5 Å². The number of benzene rings is 1. The summed E-state index contributed by atoms with van der Waals surface area (Å²) in [4.78, 5) is 10.6. The summed E-state index contributed by atoms with van der Waals surface area (Å²) in [5.74, 6) is 0.152. The molecule has 88 valence electrons. The Hall–Kier alpha value is -1.07. The van der Waals surface area contributed by atoms with Crippen molar-refractivity contribution >= 4 is 21.8 Å². The normalized spacial score (nSPS) is 12.2. The Balaban J connectivity index is 2.76. The number of aliphatic hydroxyl groups excluding tert-OH is 1. The number of hydrogen-bond donors (Lipinski definition) is 2. The van der Waals surface area contributed by atoms with Crippen molar-refractivity contribution in [1.29, 1.82) is 0 Å². The highest BCUT2D eigenvalue weighted by Gasteiger charge is 2.09. The van der Waals surface area contributed by atoms with Crippen LogP contribution in [-0.2, 0) is 4.79 Å². The van der Waals surface area contributed by atoms with Crippen molar-refractivity contribution in [2.75, 3.05) is 6.61 Å². The predicted octanol–water partition coefficient (Wildman–Crippen LogP) is 1.76. The van der Waals surface area contributed by atoms with E-state index in [1.165, 1.54) is 0 Å². The van der Waals surface area contributed by atoms with Gasteiger partial charge < -0.3 is 15.6 Å². The van der Waals surface area contributed by atoms with E-state index < -0.39 is 12.0 Å². The zero-order valence-corrected chi connectivity index (χ0v) is 10.5. The third-order valence-electron chi connectivity index (χ3n) is 2.03. The number of rotatable bonds is 5. The molecule has 3 N–H and O–H groups in total. The number of carbonyl (C=O) groups excluding carboxylic acids is 1. The summed E-state index contributed by atoms with van der Waals surface area (Å²) in [5, 5.41) is 9.52. The molecule has 0 aliphatic heterocycles. The quantitative estimate of drug-likeness (QED) is 0.867. The van der Waals surface area contributed by atoms with Crippen molar-refractivity contribution in [2.45, 2.75) is 19.4 Å². The van der Waals surface area contributed by atoms with E-state index in [4.69, 9.17) is 10.5 Å². The highest BCUT2D eigenvalue weighted by molar-refractivity contribution is 9.10. The lowest BCUT2D eigenvalue weighted by molar-refractivity contribution is -0.118. The van der Waals surface area contributed by atoms with Crippen LogP contribution in [0, 0.1) is 0 Å². The maximum absolute atomic E-state index is 10.6. The Labute approximate surface area is 103 Å². The fourth-order valence-electron chi connectivity index (χ4n) is 1.24. The molecule has 1 aromatic carbocycles. The maximum Gasteiger partial charge on any atom is 0.220 e. The fourth-order valence-corrected chi connectivity index (χ4v) is 1.58. The van der Waals surface area contributed by atoms with Crippen LogP contribution in [-0.4, -0.2) is 17.6 Å². The third-order valence-corrected chi connectivity index (χ3v) is 2.52. The second kappa shape index (κ2) is 5.86. The smallest absolute Gasteiger partial charge is 0.220 e. The molecule has 0 bridgehead atoms. The van der Waals surface area contributed by atoms with E-state index in [0.29, 0.717) is 11.3 Å². The average Bonchev–Trinajstić information content (AvgIpc) is 2.16. The van der Waals surface area contributed by atoms with Gasteiger partial charge in [0.2, 0.25) is 5.91 Å². The molecule has 5 heteroatoms. The van der Waals surface area contributed by atoms with E-state index in [9.17, 15) is 9.90 Å². The van der Waals surface area contributed by atoms with Gasteiger partial charge in [0.05, 0.1) is 19.1 Å². The Morgan fingerprint density at radius 1 is 1.62 bits per heavy atom.